The molecule has 6 nitrogen and oxygen atoms in total. The summed E-state index contributed by atoms with van der Waals surface area (Å²) >= 11 is 0. The zero-order chi connectivity index (χ0) is 20.7. The summed E-state index contributed by atoms with van der Waals surface area (Å²) in [6, 6.07) is 12.7. The molecule has 5 rings (SSSR count). The average molecular weight is 402 g/mol. The number of ether oxygens (including phenoxy) is 1. The molecule has 1 N–H and O–H groups in total. The van der Waals surface area contributed by atoms with Crippen molar-refractivity contribution in [1.29, 1.82) is 0 Å². The van der Waals surface area contributed by atoms with Crippen LogP contribution in [0.2, 0.25) is 0 Å². The number of fused-ring (bicyclic) bond motifs is 3. The molecule has 0 bridgehead atoms. The third-order valence-electron chi connectivity index (χ3n) is 6.14. The summed E-state index contributed by atoms with van der Waals surface area (Å²) in [7, 11) is 0. The number of rotatable bonds is 4. The summed E-state index contributed by atoms with van der Waals surface area (Å²) in [5.41, 5.74) is 7.07. The first-order valence-electron chi connectivity index (χ1n) is 10.6. The number of aromatic amines is 1. The third kappa shape index (κ3) is 3.12. The molecule has 2 aromatic heterocycles. The van der Waals surface area contributed by atoms with Crippen LogP contribution in [0.3, 0.4) is 0 Å². The number of aryl methyl sites for hydroxylation is 1. The standard InChI is InChI=1S/C24H27N5O/c1-4-30-18-8-9-20-19(14-18)22-23(27-20)24(26-15-25-22)29-12-10-28(11-13-29)21-7-5-6-16(2)17(21)3/h5-9,14-15,27H,4,10-13H2,1-3H3. The SMILES string of the molecule is CCOc1ccc2[nH]c3c(N4CCN(c5cccc(C)c5C)CC4)ncnc3c2c1. The van der Waals surface area contributed by atoms with E-state index in [-0.39, 0.29) is 0 Å². The van der Waals surface area contributed by atoms with Crippen molar-refractivity contribution in [2.75, 3.05) is 42.6 Å². The minimum atomic E-state index is 0.652. The maximum Gasteiger partial charge on any atom is 0.156 e. The second kappa shape index (κ2) is 7.52. The van der Waals surface area contributed by atoms with Gasteiger partial charge in [-0.1, -0.05) is 12.1 Å². The molecule has 0 amide bonds. The summed E-state index contributed by atoms with van der Waals surface area (Å²) in [6.45, 7) is 10.9. The fraction of sp³-hybridized carbons (Fsp3) is 0.333. The number of hydrogen-bond donors (Lipinski definition) is 1. The van der Waals surface area contributed by atoms with Crippen LogP contribution in [-0.2, 0) is 0 Å². The van der Waals surface area contributed by atoms with E-state index in [0.29, 0.717) is 6.61 Å². The number of anilines is 2. The smallest absolute Gasteiger partial charge is 0.156 e. The minimum absolute atomic E-state index is 0.652. The van der Waals surface area contributed by atoms with Crippen molar-refractivity contribution < 1.29 is 4.74 Å². The lowest BCUT2D eigenvalue weighted by Crippen LogP contribution is -2.47. The molecule has 1 aliphatic rings. The number of nitrogens with one attached hydrogen (secondary N) is 1. The lowest BCUT2D eigenvalue weighted by Gasteiger charge is -2.37. The van der Waals surface area contributed by atoms with E-state index in [1.807, 2.05) is 13.0 Å². The highest BCUT2D eigenvalue weighted by molar-refractivity contribution is 6.08. The van der Waals surface area contributed by atoms with Crippen molar-refractivity contribution in [3.63, 3.8) is 0 Å². The van der Waals surface area contributed by atoms with Gasteiger partial charge in [-0.3, -0.25) is 0 Å². The molecule has 30 heavy (non-hydrogen) atoms. The Kier molecular flexibility index (Phi) is 4.69. The molecule has 3 heterocycles. The Morgan fingerprint density at radius 1 is 1.00 bits per heavy atom. The van der Waals surface area contributed by atoms with E-state index in [0.717, 1.165) is 59.7 Å². The van der Waals surface area contributed by atoms with E-state index < -0.39 is 0 Å². The zero-order valence-corrected chi connectivity index (χ0v) is 17.8. The molecule has 1 saturated heterocycles. The van der Waals surface area contributed by atoms with E-state index in [4.69, 9.17) is 4.74 Å². The fourth-order valence-electron chi connectivity index (χ4n) is 4.39. The molecular weight excluding hydrogens is 374 g/mol. The first-order chi connectivity index (χ1) is 14.7. The Labute approximate surface area is 176 Å². The molecule has 2 aromatic carbocycles. The summed E-state index contributed by atoms with van der Waals surface area (Å²) in [4.78, 5) is 17.6. The molecule has 0 saturated carbocycles. The van der Waals surface area contributed by atoms with E-state index in [1.54, 1.807) is 6.33 Å². The quantitative estimate of drug-likeness (QED) is 0.547. The average Bonchev–Trinajstić information content (AvgIpc) is 3.14. The minimum Gasteiger partial charge on any atom is -0.494 e. The molecule has 0 unspecified atom stereocenters. The first-order valence-corrected chi connectivity index (χ1v) is 10.6. The topological polar surface area (TPSA) is 57.3 Å². The van der Waals surface area contributed by atoms with Crippen LogP contribution in [0.5, 0.6) is 5.75 Å². The van der Waals surface area contributed by atoms with Gasteiger partial charge in [0, 0.05) is 42.8 Å². The van der Waals surface area contributed by atoms with E-state index in [2.05, 4.69) is 68.9 Å². The predicted octanol–water partition coefficient (Wildman–Crippen LogP) is 4.45. The van der Waals surface area contributed by atoms with Gasteiger partial charge in [0.05, 0.1) is 6.61 Å². The maximum absolute atomic E-state index is 5.68. The van der Waals surface area contributed by atoms with E-state index in [9.17, 15) is 0 Å². The Balaban J connectivity index is 1.44. The number of H-pyrrole nitrogens is 1. The van der Waals surface area contributed by atoms with Crippen molar-refractivity contribution in [3.05, 3.63) is 53.9 Å². The van der Waals surface area contributed by atoms with Crippen molar-refractivity contribution >= 4 is 33.4 Å². The van der Waals surface area contributed by atoms with Gasteiger partial charge in [0.25, 0.3) is 0 Å². The summed E-state index contributed by atoms with van der Waals surface area (Å²) in [5, 5.41) is 1.08. The summed E-state index contributed by atoms with van der Waals surface area (Å²) in [6.07, 6.45) is 1.68. The Bertz CT molecular complexity index is 1210. The second-order valence-corrected chi connectivity index (χ2v) is 7.88. The van der Waals surface area contributed by atoms with Gasteiger partial charge < -0.3 is 19.5 Å². The predicted molar refractivity (Wildman–Crippen MR) is 123 cm³/mol. The number of aromatic nitrogens is 3. The molecular formula is C24H27N5O. The first kappa shape index (κ1) is 18.7. The fourth-order valence-corrected chi connectivity index (χ4v) is 4.39. The lowest BCUT2D eigenvalue weighted by molar-refractivity contribution is 0.341. The molecule has 6 heteroatoms. The van der Waals surface area contributed by atoms with E-state index >= 15 is 0 Å². The van der Waals surface area contributed by atoms with Gasteiger partial charge in [0.1, 0.15) is 23.1 Å². The van der Waals surface area contributed by atoms with Crippen LogP contribution in [0.25, 0.3) is 21.9 Å². The van der Waals surface area contributed by atoms with Crippen LogP contribution in [0.1, 0.15) is 18.1 Å². The second-order valence-electron chi connectivity index (χ2n) is 7.88. The number of nitrogens with zero attached hydrogens (tertiary/aromatic N) is 4. The Hall–Kier alpha value is -3.28. The van der Waals surface area contributed by atoms with Crippen LogP contribution in [0.4, 0.5) is 11.5 Å². The Morgan fingerprint density at radius 2 is 1.80 bits per heavy atom. The van der Waals surface area contributed by atoms with E-state index in [1.165, 1.54) is 16.8 Å². The van der Waals surface area contributed by atoms with Gasteiger partial charge in [0.15, 0.2) is 5.82 Å². The molecule has 0 radical (unpaired) electrons. The number of hydrogen-bond acceptors (Lipinski definition) is 5. The van der Waals surface area contributed by atoms with Gasteiger partial charge in [0.2, 0.25) is 0 Å². The molecule has 0 spiro atoms. The Morgan fingerprint density at radius 3 is 2.60 bits per heavy atom. The van der Waals surface area contributed by atoms with Gasteiger partial charge in [-0.05, 0) is 56.2 Å². The largest absolute Gasteiger partial charge is 0.494 e. The van der Waals surface area contributed by atoms with Crippen LogP contribution in [0, 0.1) is 13.8 Å². The summed E-state index contributed by atoms with van der Waals surface area (Å²) in [5.74, 6) is 1.85. The lowest BCUT2D eigenvalue weighted by atomic mass is 10.1. The van der Waals surface area contributed by atoms with Crippen LogP contribution in [0.15, 0.2) is 42.7 Å². The van der Waals surface area contributed by atoms with Crippen LogP contribution < -0.4 is 14.5 Å². The van der Waals surface area contributed by atoms with Crippen molar-refractivity contribution in [1.82, 2.24) is 15.0 Å². The molecule has 4 aromatic rings. The molecule has 1 aliphatic heterocycles. The van der Waals surface area contributed by atoms with Gasteiger partial charge in [-0.25, -0.2) is 9.97 Å². The monoisotopic (exact) mass is 401 g/mol. The van der Waals surface area contributed by atoms with Crippen LogP contribution in [-0.4, -0.2) is 47.7 Å². The third-order valence-corrected chi connectivity index (χ3v) is 6.14. The normalized spacial score (nSPS) is 14.6. The van der Waals surface area contributed by atoms with Crippen molar-refractivity contribution in [2.24, 2.45) is 0 Å². The zero-order valence-electron chi connectivity index (χ0n) is 17.8. The van der Waals surface area contributed by atoms with Gasteiger partial charge >= 0.3 is 0 Å². The number of piperazine rings is 1. The highest BCUT2D eigenvalue weighted by Crippen LogP contribution is 2.32. The van der Waals surface area contributed by atoms with Crippen molar-refractivity contribution in [2.45, 2.75) is 20.8 Å². The van der Waals surface area contributed by atoms with Crippen molar-refractivity contribution in [3.8, 4) is 5.75 Å². The molecule has 0 atom stereocenters. The molecule has 0 aliphatic carbocycles. The molecule has 1 fully saturated rings. The maximum atomic E-state index is 5.68. The highest BCUT2D eigenvalue weighted by atomic mass is 16.5. The van der Waals surface area contributed by atoms with Crippen LogP contribution >= 0.6 is 0 Å². The summed E-state index contributed by atoms with van der Waals surface area (Å²) < 4.78 is 5.68. The highest BCUT2D eigenvalue weighted by Gasteiger charge is 2.22. The van der Waals surface area contributed by atoms with Gasteiger partial charge in [-0.2, -0.15) is 0 Å². The van der Waals surface area contributed by atoms with Gasteiger partial charge in [-0.15, -0.1) is 0 Å². The number of benzene rings is 2. The molecule has 154 valence electrons.